The van der Waals surface area contributed by atoms with Gasteiger partial charge < -0.3 is 89.1 Å². The summed E-state index contributed by atoms with van der Waals surface area (Å²) >= 11 is 0. The zero-order valence-corrected chi connectivity index (χ0v) is 58.9. The molecule has 0 radical (unpaired) electrons. The summed E-state index contributed by atoms with van der Waals surface area (Å²) < 4.78 is 64.9. The highest BCUT2D eigenvalue weighted by Gasteiger charge is 2.58. The van der Waals surface area contributed by atoms with E-state index in [0.29, 0.717) is 25.7 Å². The molecule has 3 fully saturated rings. The Morgan fingerprint density at radius 1 is 0.400 bits per heavy atom. The molecule has 1 aliphatic carbocycles. The number of hydrogen-bond acceptors (Lipinski definition) is 23. The molecule has 0 aromatic heterocycles. The number of carbonyl (C=O) groups excluding carboxylic acids is 3. The van der Waals surface area contributed by atoms with Crippen LogP contribution in [-0.2, 0) is 61.2 Å². The Kier molecular flexibility index (Phi) is 48.2. The van der Waals surface area contributed by atoms with Crippen LogP contribution in [0.1, 0.15) is 284 Å². The van der Waals surface area contributed by atoms with Crippen molar-refractivity contribution >= 4 is 25.7 Å². The fourth-order valence-corrected chi connectivity index (χ4v) is 13.2. The molecule has 0 spiro atoms. The summed E-state index contributed by atoms with van der Waals surface area (Å²) in [4.78, 5) is 50.9. The summed E-state index contributed by atoms with van der Waals surface area (Å²) in [6.45, 7) is 3.42. The van der Waals surface area contributed by atoms with Gasteiger partial charge in [0.1, 0.15) is 98.7 Å². The van der Waals surface area contributed by atoms with Crippen LogP contribution in [0.25, 0.3) is 0 Å². The minimum atomic E-state index is -5.69. The number of unbranched alkanes of at least 4 members (excludes halogenated alkanes) is 34. The van der Waals surface area contributed by atoms with Crippen molar-refractivity contribution < 1.29 is 117 Å². The number of esters is 3. The number of phosphoric acid groups is 1. The van der Waals surface area contributed by atoms with Crippen LogP contribution in [0.3, 0.4) is 0 Å². The smallest absolute Gasteiger partial charge is 0.463 e. The molecule has 95 heavy (non-hydrogen) atoms. The molecule has 24 nitrogen and oxygen atoms in total. The highest BCUT2D eigenvalue weighted by Crippen LogP contribution is 2.49. The molecule has 2 saturated heterocycles. The summed E-state index contributed by atoms with van der Waals surface area (Å²) in [6.07, 6.45) is 10.1. The number of rotatable bonds is 57. The zero-order chi connectivity index (χ0) is 69.6. The van der Waals surface area contributed by atoms with Crippen molar-refractivity contribution in [3.8, 4) is 0 Å². The van der Waals surface area contributed by atoms with E-state index < -0.39 is 156 Å². The molecular weight excluding hydrogens is 1260 g/mol. The molecule has 2 aliphatic heterocycles. The molecule has 0 aromatic carbocycles. The van der Waals surface area contributed by atoms with E-state index in [9.17, 15) is 74.9 Å². The SMILES string of the molecule is CCCCCCCC/C=C\CCCCCC(=O)OC(COC(=O)CCCCCCCCCCCCCCCC)COP(=O)(O)OC1C(OC2OC(CO)C(O)C(O)C2O)C(O)C(O)C(O)C1OC1OC(COC(=O)CCCCCCCCCCCCCCC)C(O)C(O)C1O. The highest BCUT2D eigenvalue weighted by atomic mass is 31.2. The Morgan fingerprint density at radius 3 is 1.15 bits per heavy atom. The third-order valence-electron chi connectivity index (χ3n) is 18.3. The number of aliphatic hydroxyl groups excluding tert-OH is 10. The quantitative estimate of drug-likeness (QED) is 0.00887. The molecule has 0 bridgehead atoms. The predicted octanol–water partition coefficient (Wildman–Crippen LogP) is 9.57. The van der Waals surface area contributed by atoms with Gasteiger partial charge in [-0.2, -0.15) is 0 Å². The Balaban J connectivity index is 1.75. The van der Waals surface area contributed by atoms with Crippen LogP contribution in [-0.4, -0.2) is 204 Å². The molecular formula is C70H129O24P. The maximum absolute atomic E-state index is 14.3. The van der Waals surface area contributed by atoms with Gasteiger partial charge in [-0.05, 0) is 44.9 Å². The summed E-state index contributed by atoms with van der Waals surface area (Å²) in [5.41, 5.74) is 0. The first-order chi connectivity index (χ1) is 45.8. The van der Waals surface area contributed by atoms with Gasteiger partial charge in [-0.15, -0.1) is 0 Å². The van der Waals surface area contributed by atoms with Gasteiger partial charge in [0.15, 0.2) is 18.7 Å². The zero-order valence-electron chi connectivity index (χ0n) is 58.0. The Hall–Kier alpha value is -2.30. The summed E-state index contributed by atoms with van der Waals surface area (Å²) in [5, 5.41) is 110. The van der Waals surface area contributed by atoms with Gasteiger partial charge in [-0.1, -0.05) is 232 Å². The van der Waals surface area contributed by atoms with E-state index in [2.05, 4.69) is 32.9 Å². The standard InChI is InChI=1S/C70H129O24P/c1-4-7-10-13-16-19-22-25-28-30-32-35-38-41-44-54(72)86-48-51(89-56(74)46-43-40-37-34-31-27-24-21-18-15-12-9-6-3)49-88-95(84,85)94-68-66(92-69-64(82)59(77)57(75)52(47-71)90-69)62(80)61(79)63(81)67(68)93-70-65(83)60(78)58(76)53(91-70)50-87-55(73)45-42-39-36-33-29-26-23-20-17-14-11-8-5-2/h27,31,51-53,57-71,75-83H,4-26,28-30,32-50H2,1-3H3,(H,84,85)/b31-27-. The number of ether oxygens (including phenoxy) is 7. The number of aliphatic hydroxyl groups is 10. The van der Waals surface area contributed by atoms with E-state index in [1.165, 1.54) is 128 Å². The summed E-state index contributed by atoms with van der Waals surface area (Å²) in [5.74, 6) is -2.00. The van der Waals surface area contributed by atoms with E-state index in [0.717, 1.165) is 89.9 Å². The lowest BCUT2D eigenvalue weighted by Gasteiger charge is -2.49. The molecule has 11 N–H and O–H groups in total. The second kappa shape index (κ2) is 52.6. The molecule has 2 heterocycles. The Morgan fingerprint density at radius 2 is 0.737 bits per heavy atom. The van der Waals surface area contributed by atoms with Gasteiger partial charge in [-0.3, -0.25) is 23.4 Å². The number of allylic oxidation sites excluding steroid dienone is 2. The molecule has 18 unspecified atom stereocenters. The Bertz CT molecular complexity index is 2020. The topological polar surface area (TPSA) is 374 Å². The highest BCUT2D eigenvalue weighted by molar-refractivity contribution is 7.47. The molecule has 25 heteroatoms. The molecule has 18 atom stereocenters. The van der Waals surface area contributed by atoms with Crippen molar-refractivity contribution in [1.29, 1.82) is 0 Å². The van der Waals surface area contributed by atoms with E-state index in [1.54, 1.807) is 0 Å². The van der Waals surface area contributed by atoms with Crippen molar-refractivity contribution in [3.63, 3.8) is 0 Å². The summed E-state index contributed by atoms with van der Waals surface area (Å²) in [6, 6.07) is 0. The van der Waals surface area contributed by atoms with Crippen LogP contribution in [0.5, 0.6) is 0 Å². The van der Waals surface area contributed by atoms with Crippen molar-refractivity contribution in [2.75, 3.05) is 26.4 Å². The van der Waals surface area contributed by atoms with E-state index >= 15 is 0 Å². The first-order valence-electron chi connectivity index (χ1n) is 37.0. The number of phosphoric ester groups is 1. The maximum atomic E-state index is 14.3. The van der Waals surface area contributed by atoms with Crippen LogP contribution in [0.15, 0.2) is 12.2 Å². The van der Waals surface area contributed by atoms with Crippen LogP contribution in [0.4, 0.5) is 0 Å². The van der Waals surface area contributed by atoms with Gasteiger partial charge >= 0.3 is 25.7 Å². The number of hydrogen-bond donors (Lipinski definition) is 11. The normalized spacial score (nSPS) is 28.1. The van der Waals surface area contributed by atoms with Gasteiger partial charge in [0.25, 0.3) is 0 Å². The third kappa shape index (κ3) is 36.2. The van der Waals surface area contributed by atoms with Crippen LogP contribution in [0.2, 0.25) is 0 Å². The molecule has 558 valence electrons. The van der Waals surface area contributed by atoms with Crippen molar-refractivity contribution in [2.45, 2.75) is 388 Å². The second-order valence-corrected chi connectivity index (χ2v) is 28.1. The molecule has 3 rings (SSSR count). The minimum absolute atomic E-state index is 0.0316. The second-order valence-electron chi connectivity index (χ2n) is 26.7. The average Bonchev–Trinajstić information content (AvgIpc) is 0.763. The van der Waals surface area contributed by atoms with E-state index in [4.69, 9.17) is 42.2 Å². The molecule has 0 amide bonds. The molecule has 3 aliphatic rings. The first-order valence-corrected chi connectivity index (χ1v) is 38.5. The molecule has 0 aromatic rings. The Labute approximate surface area is 567 Å². The van der Waals surface area contributed by atoms with Gasteiger partial charge in [0, 0.05) is 19.3 Å². The van der Waals surface area contributed by atoms with Gasteiger partial charge in [0.2, 0.25) is 0 Å². The van der Waals surface area contributed by atoms with Crippen LogP contribution in [0, 0.1) is 0 Å². The van der Waals surface area contributed by atoms with Crippen LogP contribution >= 0.6 is 7.82 Å². The van der Waals surface area contributed by atoms with Crippen LogP contribution < -0.4 is 0 Å². The van der Waals surface area contributed by atoms with Crippen molar-refractivity contribution in [2.24, 2.45) is 0 Å². The fourth-order valence-electron chi connectivity index (χ4n) is 12.2. The largest absolute Gasteiger partial charge is 0.472 e. The predicted molar refractivity (Wildman–Crippen MR) is 356 cm³/mol. The first kappa shape index (κ1) is 86.9. The maximum Gasteiger partial charge on any atom is 0.472 e. The monoisotopic (exact) mass is 1380 g/mol. The lowest BCUT2D eigenvalue weighted by atomic mass is 9.84. The van der Waals surface area contributed by atoms with Gasteiger partial charge in [0.05, 0.1) is 13.2 Å². The third-order valence-corrected chi connectivity index (χ3v) is 19.3. The van der Waals surface area contributed by atoms with E-state index in [1.807, 2.05) is 0 Å². The van der Waals surface area contributed by atoms with Crippen molar-refractivity contribution in [1.82, 2.24) is 0 Å². The number of carbonyl (C=O) groups is 3. The van der Waals surface area contributed by atoms with E-state index in [-0.39, 0.29) is 19.3 Å². The van der Waals surface area contributed by atoms with Gasteiger partial charge in [-0.25, -0.2) is 4.57 Å². The lowest BCUT2D eigenvalue weighted by Crippen LogP contribution is -2.69. The van der Waals surface area contributed by atoms with Crippen molar-refractivity contribution in [3.05, 3.63) is 12.2 Å². The molecule has 1 saturated carbocycles. The lowest BCUT2D eigenvalue weighted by molar-refractivity contribution is -0.360. The minimum Gasteiger partial charge on any atom is -0.463 e. The summed E-state index contributed by atoms with van der Waals surface area (Å²) in [7, 11) is -5.69. The fraction of sp³-hybridized carbons (Fsp3) is 0.929. The average molecular weight is 1390 g/mol.